The largest absolute Gasteiger partial charge is 0.393 e. The van der Waals surface area contributed by atoms with Crippen molar-refractivity contribution < 1.29 is 38.3 Å². The zero-order chi connectivity index (χ0) is 35.5. The van der Waals surface area contributed by atoms with Crippen molar-refractivity contribution in [2.45, 2.75) is 122 Å². The second kappa shape index (κ2) is 21.7. The van der Waals surface area contributed by atoms with Crippen LogP contribution in [0, 0.1) is 6.92 Å². The molecular formula is C41H62O8. The number of carbonyl (C=O) groups excluding carboxylic acids is 1. The highest BCUT2D eigenvalue weighted by Crippen LogP contribution is 2.47. The normalized spacial score (nSPS) is 23.8. The summed E-state index contributed by atoms with van der Waals surface area (Å²) in [5.41, 5.74) is 3.68. The Morgan fingerprint density at radius 2 is 1.47 bits per heavy atom. The molecule has 0 aromatic heterocycles. The van der Waals surface area contributed by atoms with E-state index in [0.717, 1.165) is 75.5 Å². The third kappa shape index (κ3) is 11.0. The van der Waals surface area contributed by atoms with Crippen LogP contribution in [-0.4, -0.2) is 82.1 Å². The molecule has 0 bridgehead atoms. The first-order valence-electron chi connectivity index (χ1n) is 18.4. The summed E-state index contributed by atoms with van der Waals surface area (Å²) in [6.45, 7) is 14.1. The van der Waals surface area contributed by atoms with Gasteiger partial charge < -0.3 is 33.5 Å². The molecule has 8 heteroatoms. The molecule has 0 amide bonds. The number of hydrogen-bond donors (Lipinski definition) is 1. The molecule has 8 nitrogen and oxygen atoms in total. The predicted octanol–water partition coefficient (Wildman–Crippen LogP) is 7.43. The zero-order valence-electron chi connectivity index (χ0n) is 30.8. The molecule has 2 aromatic rings. The summed E-state index contributed by atoms with van der Waals surface area (Å²) in [7, 11) is 1.56. The van der Waals surface area contributed by atoms with E-state index in [2.05, 4.69) is 70.7 Å². The first kappa shape index (κ1) is 41.0. The van der Waals surface area contributed by atoms with Gasteiger partial charge in [-0.25, -0.2) is 0 Å². The van der Waals surface area contributed by atoms with E-state index in [9.17, 15) is 9.90 Å². The molecule has 0 spiro atoms. The summed E-state index contributed by atoms with van der Waals surface area (Å²) < 4.78 is 38.2. The number of benzene rings is 2. The maximum Gasteiger partial charge on any atom is 0.225 e. The minimum Gasteiger partial charge on any atom is -0.393 e. The Morgan fingerprint density at radius 1 is 0.837 bits per heavy atom. The van der Waals surface area contributed by atoms with Crippen molar-refractivity contribution in [1.29, 1.82) is 0 Å². The molecule has 1 fully saturated rings. The van der Waals surface area contributed by atoms with Crippen LogP contribution in [0.15, 0.2) is 55.1 Å². The molecule has 5 atom stereocenters. The van der Waals surface area contributed by atoms with Gasteiger partial charge in [0, 0.05) is 39.1 Å². The molecule has 3 rings (SSSR count). The van der Waals surface area contributed by atoms with Gasteiger partial charge in [-0.1, -0.05) is 82.5 Å². The average Bonchev–Trinajstić information content (AvgIpc) is 3.12. The smallest absolute Gasteiger partial charge is 0.225 e. The minimum atomic E-state index is -1.73. The van der Waals surface area contributed by atoms with Gasteiger partial charge in [-0.2, -0.15) is 0 Å². The molecule has 1 N–H and O–H groups in total. The van der Waals surface area contributed by atoms with Crippen LogP contribution in [0.25, 0.3) is 0 Å². The van der Waals surface area contributed by atoms with Crippen LogP contribution < -0.4 is 0 Å². The van der Waals surface area contributed by atoms with E-state index < -0.39 is 36.3 Å². The lowest BCUT2D eigenvalue weighted by Crippen LogP contribution is -2.72. The SMILES string of the molecule is C=CCOCCCCc1ccc(Cc2cc([C@]3(OC)O[C@](C=O)(CO)[C@@H](OCCCC)[C@H](OCCCC)[C@H]3OCCCC)ccc2C)cc1. The number of aliphatic hydroxyl groups excluding tert-OH is 1. The summed E-state index contributed by atoms with van der Waals surface area (Å²) in [5, 5.41) is 10.9. The van der Waals surface area contributed by atoms with Crippen LogP contribution in [0.1, 0.15) is 100.0 Å². The number of hydrogen-bond acceptors (Lipinski definition) is 8. The van der Waals surface area contributed by atoms with Crippen molar-refractivity contribution in [3.63, 3.8) is 0 Å². The maximum atomic E-state index is 13.0. The van der Waals surface area contributed by atoms with Crippen LogP contribution in [0.2, 0.25) is 0 Å². The van der Waals surface area contributed by atoms with Crippen molar-refractivity contribution in [3.8, 4) is 0 Å². The fourth-order valence-corrected chi connectivity index (χ4v) is 6.31. The number of aliphatic hydroxyl groups is 1. The van der Waals surface area contributed by atoms with E-state index in [4.69, 9.17) is 28.4 Å². The van der Waals surface area contributed by atoms with E-state index in [1.807, 2.05) is 6.07 Å². The van der Waals surface area contributed by atoms with E-state index in [1.54, 1.807) is 13.2 Å². The lowest BCUT2D eigenvalue weighted by atomic mass is 9.80. The lowest BCUT2D eigenvalue weighted by Gasteiger charge is -2.55. The van der Waals surface area contributed by atoms with Crippen molar-refractivity contribution in [2.24, 2.45) is 0 Å². The Kier molecular flexibility index (Phi) is 18.2. The van der Waals surface area contributed by atoms with Crippen LogP contribution >= 0.6 is 0 Å². The van der Waals surface area contributed by atoms with Crippen LogP contribution in [0.3, 0.4) is 0 Å². The summed E-state index contributed by atoms with van der Waals surface area (Å²) in [5.74, 6) is -1.55. The highest BCUT2D eigenvalue weighted by molar-refractivity contribution is 5.65. The predicted molar refractivity (Wildman–Crippen MR) is 194 cm³/mol. The van der Waals surface area contributed by atoms with Gasteiger partial charge in [-0.3, -0.25) is 4.79 Å². The van der Waals surface area contributed by atoms with E-state index in [1.165, 1.54) is 11.1 Å². The van der Waals surface area contributed by atoms with Gasteiger partial charge in [0.15, 0.2) is 11.9 Å². The van der Waals surface area contributed by atoms with Crippen LogP contribution in [0.5, 0.6) is 0 Å². The molecule has 0 saturated carbocycles. The van der Waals surface area contributed by atoms with Gasteiger partial charge in [0.2, 0.25) is 5.79 Å². The quantitative estimate of drug-likeness (QED) is 0.0657. The Bertz CT molecular complexity index is 1230. The lowest BCUT2D eigenvalue weighted by molar-refractivity contribution is -0.398. The molecule has 1 aliphatic rings. The molecule has 0 unspecified atom stereocenters. The van der Waals surface area contributed by atoms with Gasteiger partial charge in [0.05, 0.1) is 13.2 Å². The standard InChI is InChI=1S/C41H62O8/c1-7-11-25-46-37-38(47-26-12-8-2)40(30-42,31-43)49-41(44-6,39(37)48-27-13-9-3)36-22-17-32(5)35(29-36)28-34-20-18-33(19-21-34)16-14-15-24-45-23-10-4/h10,17-22,29-30,37-39,43H,4,7-9,11-16,23-28,31H2,1-3,5-6H3/t37-,38-,39+,40+,41-/m0/s1. The number of ether oxygens (including phenoxy) is 6. The highest BCUT2D eigenvalue weighted by Gasteiger charge is 2.64. The number of methoxy groups -OCH3 is 1. The molecule has 1 saturated heterocycles. The summed E-state index contributed by atoms with van der Waals surface area (Å²) >= 11 is 0. The fraction of sp³-hybridized carbons (Fsp3) is 0.634. The van der Waals surface area contributed by atoms with Gasteiger partial charge in [0.25, 0.3) is 0 Å². The monoisotopic (exact) mass is 682 g/mol. The summed E-state index contributed by atoms with van der Waals surface area (Å²) in [6.07, 6.45) is 9.08. The number of aldehydes is 1. The molecule has 2 aromatic carbocycles. The average molecular weight is 683 g/mol. The molecule has 274 valence electrons. The summed E-state index contributed by atoms with van der Waals surface area (Å²) in [4.78, 5) is 13.0. The van der Waals surface area contributed by atoms with Gasteiger partial charge >= 0.3 is 0 Å². The first-order chi connectivity index (χ1) is 23.9. The Labute approximate surface area is 295 Å². The summed E-state index contributed by atoms with van der Waals surface area (Å²) in [6, 6.07) is 14.9. The Morgan fingerprint density at radius 3 is 2.06 bits per heavy atom. The second-order valence-electron chi connectivity index (χ2n) is 13.1. The van der Waals surface area contributed by atoms with Gasteiger partial charge in [0.1, 0.15) is 18.3 Å². The van der Waals surface area contributed by atoms with Crippen molar-refractivity contribution >= 4 is 6.29 Å². The molecule has 49 heavy (non-hydrogen) atoms. The van der Waals surface area contributed by atoms with E-state index in [0.29, 0.717) is 44.7 Å². The molecule has 0 radical (unpaired) electrons. The molecular weight excluding hydrogens is 620 g/mol. The van der Waals surface area contributed by atoms with Crippen LogP contribution in [0.4, 0.5) is 0 Å². The van der Waals surface area contributed by atoms with Crippen LogP contribution in [-0.2, 0) is 51.8 Å². The molecule has 1 heterocycles. The van der Waals surface area contributed by atoms with E-state index >= 15 is 0 Å². The zero-order valence-corrected chi connectivity index (χ0v) is 30.8. The molecule has 1 aliphatic heterocycles. The van der Waals surface area contributed by atoms with Crippen molar-refractivity contribution in [1.82, 2.24) is 0 Å². The first-order valence-corrected chi connectivity index (χ1v) is 18.4. The molecule has 0 aliphatic carbocycles. The fourth-order valence-electron chi connectivity index (χ4n) is 6.31. The number of rotatable bonds is 25. The Hall–Kier alpha value is -2.43. The topological polar surface area (TPSA) is 92.7 Å². The second-order valence-corrected chi connectivity index (χ2v) is 13.1. The van der Waals surface area contributed by atoms with Crippen molar-refractivity contribution in [3.05, 3.63) is 82.9 Å². The third-order valence-electron chi connectivity index (χ3n) is 9.35. The van der Waals surface area contributed by atoms with Gasteiger partial charge in [-0.05, 0) is 80.2 Å². The number of unbranched alkanes of at least 4 members (excludes halogenated alkanes) is 4. The van der Waals surface area contributed by atoms with Gasteiger partial charge in [-0.15, -0.1) is 6.58 Å². The number of carbonyl (C=O) groups is 1. The maximum absolute atomic E-state index is 13.0. The van der Waals surface area contributed by atoms with E-state index in [-0.39, 0.29) is 0 Å². The number of aryl methyl sites for hydroxylation is 2. The minimum absolute atomic E-state index is 0.396. The third-order valence-corrected chi connectivity index (χ3v) is 9.35. The Balaban J connectivity index is 1.99. The highest BCUT2D eigenvalue weighted by atomic mass is 16.7. The van der Waals surface area contributed by atoms with Crippen molar-refractivity contribution in [2.75, 3.05) is 46.8 Å².